The predicted octanol–water partition coefficient (Wildman–Crippen LogP) is 1.90. The standard InChI is InChI=1S/C20H30N6O2/c1-16-5-6-17(19(11-16)28-18-7-10-27-13-18)12-23-20(21-2)22-8-3-4-9-26-14-24-25-15-26/h5-6,11,14-15,18H,3-4,7-10,12-13H2,1-2H3,(H2,21,22,23). The lowest BCUT2D eigenvalue weighted by Crippen LogP contribution is -2.37. The molecular formula is C20H30N6O2. The molecule has 0 amide bonds. The third kappa shape index (κ3) is 6.23. The topological polar surface area (TPSA) is 85.6 Å². The summed E-state index contributed by atoms with van der Waals surface area (Å²) in [7, 11) is 1.79. The molecule has 1 atom stereocenters. The van der Waals surface area contributed by atoms with Crippen molar-refractivity contribution in [3.05, 3.63) is 42.0 Å². The summed E-state index contributed by atoms with van der Waals surface area (Å²) >= 11 is 0. The fraction of sp³-hybridized carbons (Fsp3) is 0.550. The summed E-state index contributed by atoms with van der Waals surface area (Å²) in [6, 6.07) is 6.31. The van der Waals surface area contributed by atoms with Crippen LogP contribution in [0.25, 0.3) is 0 Å². The molecule has 8 nitrogen and oxygen atoms in total. The van der Waals surface area contributed by atoms with E-state index in [1.165, 1.54) is 5.56 Å². The fourth-order valence-electron chi connectivity index (χ4n) is 3.07. The van der Waals surface area contributed by atoms with Crippen LogP contribution in [0.15, 0.2) is 35.8 Å². The number of benzene rings is 1. The molecule has 1 aliphatic heterocycles. The minimum Gasteiger partial charge on any atom is -0.488 e. The molecule has 1 saturated heterocycles. The SMILES string of the molecule is CN=C(NCCCCn1cnnc1)NCc1ccc(C)cc1OC1CCOC1. The van der Waals surface area contributed by atoms with Crippen molar-refractivity contribution in [1.29, 1.82) is 0 Å². The molecule has 3 rings (SSSR count). The molecule has 1 fully saturated rings. The van der Waals surface area contributed by atoms with Crippen molar-refractivity contribution in [2.24, 2.45) is 4.99 Å². The number of aryl methyl sites for hydroxylation is 2. The monoisotopic (exact) mass is 386 g/mol. The molecule has 2 heterocycles. The first-order valence-electron chi connectivity index (χ1n) is 9.85. The van der Waals surface area contributed by atoms with Crippen molar-refractivity contribution in [3.8, 4) is 5.75 Å². The molecule has 2 aromatic rings. The van der Waals surface area contributed by atoms with Crippen LogP contribution >= 0.6 is 0 Å². The van der Waals surface area contributed by atoms with Gasteiger partial charge in [-0.1, -0.05) is 12.1 Å². The van der Waals surface area contributed by atoms with Crippen LogP contribution in [0, 0.1) is 6.92 Å². The first-order valence-corrected chi connectivity index (χ1v) is 9.85. The Bertz CT molecular complexity index is 741. The maximum atomic E-state index is 6.16. The van der Waals surface area contributed by atoms with Crippen LogP contribution in [0.2, 0.25) is 0 Å². The number of nitrogens with zero attached hydrogens (tertiary/aromatic N) is 4. The highest BCUT2D eigenvalue weighted by atomic mass is 16.5. The van der Waals surface area contributed by atoms with Crippen LogP contribution in [-0.4, -0.2) is 53.6 Å². The first-order chi connectivity index (χ1) is 13.7. The predicted molar refractivity (Wildman–Crippen MR) is 108 cm³/mol. The molecular weight excluding hydrogens is 356 g/mol. The smallest absolute Gasteiger partial charge is 0.191 e. The van der Waals surface area contributed by atoms with Gasteiger partial charge in [0.25, 0.3) is 0 Å². The summed E-state index contributed by atoms with van der Waals surface area (Å²) in [5, 5.41) is 14.4. The van der Waals surface area contributed by atoms with Gasteiger partial charge in [0.05, 0.1) is 13.2 Å². The molecule has 1 unspecified atom stereocenters. The number of aromatic nitrogens is 3. The average Bonchev–Trinajstić information content (AvgIpc) is 3.39. The molecule has 0 aliphatic carbocycles. The Kier molecular flexibility index (Phi) is 7.66. The Morgan fingerprint density at radius 3 is 2.89 bits per heavy atom. The van der Waals surface area contributed by atoms with Crippen LogP contribution in [-0.2, 0) is 17.8 Å². The Morgan fingerprint density at radius 2 is 2.14 bits per heavy atom. The van der Waals surface area contributed by atoms with E-state index in [0.717, 1.165) is 56.2 Å². The van der Waals surface area contributed by atoms with Crippen molar-refractivity contribution in [1.82, 2.24) is 25.4 Å². The number of hydrogen-bond acceptors (Lipinski definition) is 5. The number of ether oxygens (including phenoxy) is 2. The van der Waals surface area contributed by atoms with Gasteiger partial charge in [0.1, 0.15) is 24.5 Å². The van der Waals surface area contributed by atoms with Gasteiger partial charge in [-0.3, -0.25) is 4.99 Å². The van der Waals surface area contributed by atoms with E-state index in [4.69, 9.17) is 9.47 Å². The van der Waals surface area contributed by atoms with Gasteiger partial charge in [0.2, 0.25) is 0 Å². The molecule has 8 heteroatoms. The molecule has 0 spiro atoms. The lowest BCUT2D eigenvalue weighted by Gasteiger charge is -2.18. The second-order valence-corrected chi connectivity index (χ2v) is 6.97. The van der Waals surface area contributed by atoms with E-state index < -0.39 is 0 Å². The maximum absolute atomic E-state index is 6.16. The number of nitrogens with one attached hydrogen (secondary N) is 2. The minimum atomic E-state index is 0.142. The highest BCUT2D eigenvalue weighted by Crippen LogP contribution is 2.23. The zero-order valence-electron chi connectivity index (χ0n) is 16.7. The average molecular weight is 387 g/mol. The number of rotatable bonds is 9. The van der Waals surface area contributed by atoms with Crippen molar-refractivity contribution >= 4 is 5.96 Å². The highest BCUT2D eigenvalue weighted by Gasteiger charge is 2.18. The Hall–Kier alpha value is -2.61. The Morgan fingerprint density at radius 1 is 1.29 bits per heavy atom. The van der Waals surface area contributed by atoms with Crippen molar-refractivity contribution in [3.63, 3.8) is 0 Å². The molecule has 0 bridgehead atoms. The van der Waals surface area contributed by atoms with E-state index in [9.17, 15) is 0 Å². The maximum Gasteiger partial charge on any atom is 0.191 e. The van der Waals surface area contributed by atoms with Gasteiger partial charge in [-0.15, -0.1) is 10.2 Å². The van der Waals surface area contributed by atoms with Crippen molar-refractivity contribution < 1.29 is 9.47 Å². The van der Waals surface area contributed by atoms with Crippen LogP contribution in [0.3, 0.4) is 0 Å². The second-order valence-electron chi connectivity index (χ2n) is 6.97. The van der Waals surface area contributed by atoms with Crippen molar-refractivity contribution in [2.45, 2.75) is 45.4 Å². The van der Waals surface area contributed by atoms with Crippen LogP contribution < -0.4 is 15.4 Å². The third-order valence-corrected chi connectivity index (χ3v) is 4.68. The second kappa shape index (κ2) is 10.7. The molecule has 1 aromatic heterocycles. The number of unbranched alkanes of at least 4 members (excludes halogenated alkanes) is 1. The number of hydrogen-bond donors (Lipinski definition) is 2. The van der Waals surface area contributed by atoms with Gasteiger partial charge in [-0.05, 0) is 31.4 Å². The Balaban J connectivity index is 1.43. The summed E-state index contributed by atoms with van der Waals surface area (Å²) < 4.78 is 13.6. The third-order valence-electron chi connectivity index (χ3n) is 4.68. The lowest BCUT2D eigenvalue weighted by molar-refractivity contribution is 0.140. The zero-order chi connectivity index (χ0) is 19.6. The van der Waals surface area contributed by atoms with E-state index in [-0.39, 0.29) is 6.10 Å². The van der Waals surface area contributed by atoms with Crippen molar-refractivity contribution in [2.75, 3.05) is 26.8 Å². The molecule has 1 aromatic carbocycles. The van der Waals surface area contributed by atoms with E-state index in [1.807, 2.05) is 4.57 Å². The van der Waals surface area contributed by atoms with Gasteiger partial charge in [-0.25, -0.2) is 0 Å². The first kappa shape index (κ1) is 20.1. The van der Waals surface area contributed by atoms with Gasteiger partial charge >= 0.3 is 0 Å². The Labute approximate surface area is 166 Å². The molecule has 2 N–H and O–H groups in total. The van der Waals surface area contributed by atoms with Crippen LogP contribution in [0.4, 0.5) is 0 Å². The van der Waals surface area contributed by atoms with Gasteiger partial charge < -0.3 is 24.7 Å². The van der Waals surface area contributed by atoms with Gasteiger partial charge in [0, 0.05) is 38.7 Å². The van der Waals surface area contributed by atoms with E-state index >= 15 is 0 Å². The molecule has 0 radical (unpaired) electrons. The summed E-state index contributed by atoms with van der Waals surface area (Å²) in [5.41, 5.74) is 2.31. The summed E-state index contributed by atoms with van der Waals surface area (Å²) in [4.78, 5) is 4.31. The fourth-order valence-corrected chi connectivity index (χ4v) is 3.07. The van der Waals surface area contributed by atoms with Crippen LogP contribution in [0.5, 0.6) is 5.75 Å². The number of aliphatic imine (C=N–C) groups is 1. The molecule has 0 saturated carbocycles. The summed E-state index contributed by atoms with van der Waals surface area (Å²) in [6.07, 6.45) is 6.67. The van der Waals surface area contributed by atoms with E-state index in [2.05, 4.69) is 50.9 Å². The quantitative estimate of drug-likeness (QED) is 0.389. The molecule has 28 heavy (non-hydrogen) atoms. The molecule has 152 valence electrons. The summed E-state index contributed by atoms with van der Waals surface area (Å²) in [5.74, 6) is 1.72. The lowest BCUT2D eigenvalue weighted by atomic mass is 10.1. The normalized spacial score (nSPS) is 16.9. The highest BCUT2D eigenvalue weighted by molar-refractivity contribution is 5.79. The van der Waals surface area contributed by atoms with E-state index in [1.54, 1.807) is 19.7 Å². The molecule has 1 aliphatic rings. The summed E-state index contributed by atoms with van der Waals surface area (Å²) in [6.45, 7) is 5.96. The van der Waals surface area contributed by atoms with Crippen LogP contribution in [0.1, 0.15) is 30.4 Å². The zero-order valence-corrected chi connectivity index (χ0v) is 16.7. The number of guanidine groups is 1. The largest absolute Gasteiger partial charge is 0.488 e. The van der Waals surface area contributed by atoms with E-state index in [0.29, 0.717) is 13.2 Å². The minimum absolute atomic E-state index is 0.142. The van der Waals surface area contributed by atoms with Gasteiger partial charge in [0.15, 0.2) is 5.96 Å². The van der Waals surface area contributed by atoms with Gasteiger partial charge in [-0.2, -0.15) is 0 Å².